The molecule has 0 bridgehead atoms. The lowest BCUT2D eigenvalue weighted by Crippen LogP contribution is -2.11. The van der Waals surface area contributed by atoms with Crippen molar-refractivity contribution in [3.05, 3.63) is 75.9 Å². The first-order chi connectivity index (χ1) is 13.9. The molecular weight excluding hydrogens is 389 g/mol. The maximum atomic E-state index is 13.1. The number of anilines is 1. The molecule has 0 saturated carbocycles. The molecule has 2 aromatic carbocycles. The minimum Gasteiger partial charge on any atom is -0.333 e. The predicted octanol–water partition coefficient (Wildman–Crippen LogP) is 5.78. The Bertz CT molecular complexity index is 1180. The maximum Gasteiger partial charge on any atom is 0.261 e. The molecule has 146 valence electrons. The van der Waals surface area contributed by atoms with E-state index < -0.39 is 0 Å². The van der Waals surface area contributed by atoms with Crippen LogP contribution in [0.15, 0.2) is 53.1 Å². The Kier molecular flexibility index (Phi) is 4.98. The average molecular weight is 407 g/mol. The normalized spacial score (nSPS) is 10.9. The number of hydrogen-bond acceptors (Lipinski definition) is 5. The van der Waals surface area contributed by atoms with Crippen molar-refractivity contribution < 1.29 is 13.7 Å². The van der Waals surface area contributed by atoms with Crippen molar-refractivity contribution in [2.45, 2.75) is 20.8 Å². The minimum absolute atomic E-state index is 0.328. The number of thiophene rings is 1. The van der Waals surface area contributed by atoms with E-state index in [1.807, 2.05) is 45.0 Å². The van der Waals surface area contributed by atoms with Crippen LogP contribution in [0.5, 0.6) is 0 Å². The molecule has 2 heterocycles. The Hall–Kier alpha value is -3.32. The quantitative estimate of drug-likeness (QED) is 0.465. The van der Waals surface area contributed by atoms with Gasteiger partial charge in [-0.15, -0.1) is 11.3 Å². The summed E-state index contributed by atoms with van der Waals surface area (Å²) in [6, 6.07) is 13.2. The second-order valence-corrected chi connectivity index (χ2v) is 7.96. The summed E-state index contributed by atoms with van der Waals surface area (Å²) in [6.07, 6.45) is 0. The highest BCUT2D eigenvalue weighted by molar-refractivity contribution is 7.17. The molecule has 0 radical (unpaired) electrons. The molecule has 4 rings (SSSR count). The van der Waals surface area contributed by atoms with E-state index in [1.165, 1.54) is 35.6 Å². The summed E-state index contributed by atoms with van der Waals surface area (Å²) in [6.45, 7) is 5.93. The largest absolute Gasteiger partial charge is 0.333 e. The van der Waals surface area contributed by atoms with Crippen molar-refractivity contribution in [2.24, 2.45) is 0 Å². The van der Waals surface area contributed by atoms with Gasteiger partial charge in [0.05, 0.1) is 5.56 Å². The summed E-state index contributed by atoms with van der Waals surface area (Å²) < 4.78 is 18.6. The Balaban J connectivity index is 1.67. The summed E-state index contributed by atoms with van der Waals surface area (Å²) in [5.41, 5.74) is 4.03. The van der Waals surface area contributed by atoms with Crippen LogP contribution in [0, 0.1) is 26.6 Å². The summed E-state index contributed by atoms with van der Waals surface area (Å²) >= 11 is 1.44. The number of halogens is 1. The zero-order valence-corrected chi connectivity index (χ0v) is 16.9. The zero-order chi connectivity index (χ0) is 20.5. The second-order valence-electron chi connectivity index (χ2n) is 6.74. The molecule has 5 nitrogen and oxygen atoms in total. The number of benzene rings is 2. The third kappa shape index (κ3) is 3.82. The monoisotopic (exact) mass is 407 g/mol. The lowest BCUT2D eigenvalue weighted by molar-refractivity contribution is 0.102. The van der Waals surface area contributed by atoms with Crippen LogP contribution in [-0.2, 0) is 0 Å². The van der Waals surface area contributed by atoms with Gasteiger partial charge >= 0.3 is 0 Å². The Morgan fingerprint density at radius 3 is 2.41 bits per heavy atom. The van der Waals surface area contributed by atoms with Crippen LogP contribution in [0.25, 0.3) is 22.8 Å². The molecule has 0 fully saturated rings. The highest BCUT2D eigenvalue weighted by Crippen LogP contribution is 2.40. The fourth-order valence-electron chi connectivity index (χ4n) is 2.89. The molecule has 29 heavy (non-hydrogen) atoms. The lowest BCUT2D eigenvalue weighted by atomic mass is 10.1. The predicted molar refractivity (Wildman–Crippen MR) is 112 cm³/mol. The van der Waals surface area contributed by atoms with Crippen molar-refractivity contribution in [2.75, 3.05) is 5.32 Å². The molecule has 0 atom stereocenters. The van der Waals surface area contributed by atoms with Gasteiger partial charge in [0.25, 0.3) is 11.8 Å². The van der Waals surface area contributed by atoms with Crippen molar-refractivity contribution in [1.29, 1.82) is 0 Å². The molecule has 0 unspecified atom stereocenters. The van der Waals surface area contributed by atoms with Crippen LogP contribution in [0.1, 0.15) is 26.4 Å². The molecular formula is C22H18FN3O2S. The molecule has 4 aromatic rings. The summed E-state index contributed by atoms with van der Waals surface area (Å²) in [4.78, 5) is 18.2. The molecule has 0 saturated heterocycles. The number of aryl methyl sites for hydroxylation is 2. The van der Waals surface area contributed by atoms with Crippen LogP contribution in [-0.4, -0.2) is 16.0 Å². The van der Waals surface area contributed by atoms with E-state index in [4.69, 9.17) is 4.52 Å². The summed E-state index contributed by atoms with van der Waals surface area (Å²) in [5, 5.41) is 7.61. The first kappa shape index (κ1) is 19.0. The molecule has 0 aliphatic carbocycles. The SMILES string of the molecule is Cc1ccc(-c2noc(-c3c(NC(=O)c4ccc(F)cc4)sc(C)c3C)n2)cc1. The van der Waals surface area contributed by atoms with E-state index in [9.17, 15) is 9.18 Å². The van der Waals surface area contributed by atoms with Crippen LogP contribution in [0.3, 0.4) is 0 Å². The average Bonchev–Trinajstić information content (AvgIpc) is 3.28. The van der Waals surface area contributed by atoms with Gasteiger partial charge < -0.3 is 9.84 Å². The number of nitrogens with zero attached hydrogens (tertiary/aromatic N) is 2. The van der Waals surface area contributed by atoms with Gasteiger partial charge in [0.15, 0.2) is 0 Å². The lowest BCUT2D eigenvalue weighted by Gasteiger charge is -2.05. The van der Waals surface area contributed by atoms with Gasteiger partial charge in [0.2, 0.25) is 5.82 Å². The second kappa shape index (κ2) is 7.60. The van der Waals surface area contributed by atoms with Crippen molar-refractivity contribution >= 4 is 22.2 Å². The molecule has 0 aliphatic heterocycles. The third-order valence-electron chi connectivity index (χ3n) is 4.67. The van der Waals surface area contributed by atoms with Gasteiger partial charge in [-0.05, 0) is 50.6 Å². The molecule has 2 aromatic heterocycles. The number of rotatable bonds is 4. The van der Waals surface area contributed by atoms with Gasteiger partial charge in [-0.2, -0.15) is 4.98 Å². The summed E-state index contributed by atoms with van der Waals surface area (Å²) in [5.74, 6) is 0.112. The van der Waals surface area contributed by atoms with Gasteiger partial charge in [0, 0.05) is 16.0 Å². The number of carbonyl (C=O) groups is 1. The van der Waals surface area contributed by atoms with Crippen molar-refractivity contribution in [3.8, 4) is 22.8 Å². The number of aromatic nitrogens is 2. The molecule has 0 aliphatic rings. The topological polar surface area (TPSA) is 68.0 Å². The number of carbonyl (C=O) groups excluding carboxylic acids is 1. The summed E-state index contributed by atoms with van der Waals surface area (Å²) in [7, 11) is 0. The molecule has 1 N–H and O–H groups in total. The molecule has 7 heteroatoms. The molecule has 1 amide bonds. The standard InChI is InChI=1S/C22H18FN3O2S/c1-12-4-6-15(7-5-12)19-24-21(28-26-19)18-13(2)14(3)29-22(18)25-20(27)16-8-10-17(23)11-9-16/h4-11H,1-3H3,(H,25,27). The van der Waals surface area contributed by atoms with Gasteiger partial charge in [-0.1, -0.05) is 35.0 Å². The minimum atomic E-state index is -0.389. The maximum absolute atomic E-state index is 13.1. The Labute approximate surface area is 171 Å². The highest BCUT2D eigenvalue weighted by Gasteiger charge is 2.22. The van der Waals surface area contributed by atoms with E-state index in [1.54, 1.807) is 0 Å². The zero-order valence-electron chi connectivity index (χ0n) is 16.1. The van der Waals surface area contributed by atoms with Crippen LogP contribution < -0.4 is 5.32 Å². The third-order valence-corrected chi connectivity index (χ3v) is 5.79. The van der Waals surface area contributed by atoms with E-state index in [0.717, 1.165) is 21.6 Å². The Morgan fingerprint density at radius 1 is 1.03 bits per heavy atom. The van der Waals surface area contributed by atoms with Gasteiger partial charge in [0.1, 0.15) is 10.8 Å². The first-order valence-electron chi connectivity index (χ1n) is 9.00. The van der Waals surface area contributed by atoms with Crippen molar-refractivity contribution in [3.63, 3.8) is 0 Å². The van der Waals surface area contributed by atoms with E-state index in [-0.39, 0.29) is 11.7 Å². The van der Waals surface area contributed by atoms with Crippen molar-refractivity contribution in [1.82, 2.24) is 10.1 Å². The highest BCUT2D eigenvalue weighted by atomic mass is 32.1. The van der Waals surface area contributed by atoms with Gasteiger partial charge in [-0.3, -0.25) is 4.79 Å². The van der Waals surface area contributed by atoms with E-state index in [0.29, 0.717) is 27.8 Å². The van der Waals surface area contributed by atoms with Crippen LogP contribution in [0.4, 0.5) is 9.39 Å². The fourth-order valence-corrected chi connectivity index (χ4v) is 3.94. The smallest absolute Gasteiger partial charge is 0.261 e. The number of hydrogen-bond donors (Lipinski definition) is 1. The molecule has 0 spiro atoms. The van der Waals surface area contributed by atoms with Crippen LogP contribution >= 0.6 is 11.3 Å². The van der Waals surface area contributed by atoms with E-state index >= 15 is 0 Å². The van der Waals surface area contributed by atoms with Crippen LogP contribution in [0.2, 0.25) is 0 Å². The van der Waals surface area contributed by atoms with E-state index in [2.05, 4.69) is 15.5 Å². The fraction of sp³-hybridized carbons (Fsp3) is 0.136. The Morgan fingerprint density at radius 2 is 1.72 bits per heavy atom. The van der Waals surface area contributed by atoms with Gasteiger partial charge in [-0.25, -0.2) is 4.39 Å². The number of nitrogens with one attached hydrogen (secondary N) is 1. The first-order valence-corrected chi connectivity index (χ1v) is 9.82. The number of amides is 1.